The van der Waals surface area contributed by atoms with Crippen LogP contribution < -0.4 is 9.83 Å². The Morgan fingerprint density at radius 1 is 0.941 bits per heavy atom. The topological polar surface area (TPSA) is 46.5 Å². The molecule has 1 unspecified atom stereocenters. The van der Waals surface area contributed by atoms with Crippen LogP contribution >= 0.6 is 7.60 Å². The third kappa shape index (κ3) is 2.31. The van der Waals surface area contributed by atoms with E-state index < -0.39 is 7.60 Å². The second kappa shape index (κ2) is 4.98. The molecular weight excluding hydrogens is 262 g/mol. The van der Waals surface area contributed by atoms with Crippen molar-refractivity contribution >= 4 is 64.3 Å². The van der Waals surface area contributed by atoms with Gasteiger partial charge < -0.3 is 9.42 Å². The second-order valence-corrected chi connectivity index (χ2v) is 5.33. The number of hydrogen-bond donors (Lipinski definition) is 1. The van der Waals surface area contributed by atoms with Gasteiger partial charge in [-0.1, -0.05) is 36.4 Å². The van der Waals surface area contributed by atoms with E-state index in [-0.39, 0.29) is 51.4 Å². The van der Waals surface area contributed by atoms with E-state index in [2.05, 4.69) is 0 Å². The van der Waals surface area contributed by atoms with Gasteiger partial charge in [-0.2, -0.15) is 0 Å². The average molecular weight is 272 g/mol. The van der Waals surface area contributed by atoms with Crippen LogP contribution in [-0.4, -0.2) is 56.3 Å². The summed E-state index contributed by atoms with van der Waals surface area (Å²) in [5.74, 6) is 0.465. The fourth-order valence-corrected chi connectivity index (χ4v) is 3.20. The molecule has 1 N–H and O–H groups in total. The second-order valence-electron chi connectivity index (χ2n) is 3.63. The van der Waals surface area contributed by atoms with Gasteiger partial charge in [0.1, 0.15) is 5.75 Å². The molecule has 0 amide bonds. The predicted molar refractivity (Wildman–Crippen MR) is 69.1 cm³/mol. The van der Waals surface area contributed by atoms with Crippen molar-refractivity contribution in [3.05, 3.63) is 48.5 Å². The molecular formula is C12H10KO3P. The number of rotatable bonds is 0. The van der Waals surface area contributed by atoms with E-state index in [1.807, 2.05) is 24.3 Å². The molecule has 2 aromatic carbocycles. The Labute approximate surface area is 142 Å². The van der Waals surface area contributed by atoms with Crippen molar-refractivity contribution in [2.24, 2.45) is 0 Å². The van der Waals surface area contributed by atoms with Gasteiger partial charge in [0.2, 0.25) is 0 Å². The Bertz CT molecular complexity index is 612. The molecule has 1 aliphatic heterocycles. The Morgan fingerprint density at radius 2 is 1.53 bits per heavy atom. The Hall–Kier alpha value is 0.0664. The minimum absolute atomic E-state index is 0. The van der Waals surface area contributed by atoms with E-state index >= 15 is 0 Å². The van der Waals surface area contributed by atoms with Crippen molar-refractivity contribution in [2.45, 2.75) is 0 Å². The van der Waals surface area contributed by atoms with Gasteiger partial charge in [0.05, 0.1) is 5.30 Å². The predicted octanol–water partition coefficient (Wildman–Crippen LogP) is 1.91. The van der Waals surface area contributed by atoms with Gasteiger partial charge in [0.25, 0.3) is 0 Å². The quantitative estimate of drug-likeness (QED) is 0.588. The van der Waals surface area contributed by atoms with E-state index in [0.717, 1.165) is 11.1 Å². The van der Waals surface area contributed by atoms with Crippen LogP contribution in [0.15, 0.2) is 48.5 Å². The maximum atomic E-state index is 12.0. The summed E-state index contributed by atoms with van der Waals surface area (Å²) in [5.41, 5.74) is 1.63. The van der Waals surface area contributed by atoms with E-state index in [4.69, 9.17) is 4.52 Å². The van der Waals surface area contributed by atoms with Crippen LogP contribution in [0.4, 0.5) is 0 Å². The molecule has 1 atom stereocenters. The van der Waals surface area contributed by atoms with Crippen molar-refractivity contribution in [3.63, 3.8) is 0 Å². The first-order valence-electron chi connectivity index (χ1n) is 4.90. The van der Waals surface area contributed by atoms with E-state index in [9.17, 15) is 9.46 Å². The summed E-state index contributed by atoms with van der Waals surface area (Å²) in [7, 11) is -3.71. The number of fused-ring (bicyclic) bond motifs is 3. The summed E-state index contributed by atoms with van der Waals surface area (Å²) >= 11 is 0. The summed E-state index contributed by atoms with van der Waals surface area (Å²) in [6, 6.07) is 14.3. The van der Waals surface area contributed by atoms with Crippen LogP contribution in [0.25, 0.3) is 11.1 Å². The molecule has 3 nitrogen and oxygen atoms in total. The molecule has 17 heavy (non-hydrogen) atoms. The Balaban J connectivity index is 0.00000108. The zero-order chi connectivity index (χ0) is 11.2. The van der Waals surface area contributed by atoms with Gasteiger partial charge in [-0.05, 0) is 12.1 Å². The fraction of sp³-hybridized carbons (Fsp3) is 0. The number of benzene rings is 2. The van der Waals surface area contributed by atoms with Crippen LogP contribution in [0.3, 0.4) is 0 Å². The fourth-order valence-electron chi connectivity index (χ4n) is 1.90. The third-order valence-electron chi connectivity index (χ3n) is 2.61. The van der Waals surface area contributed by atoms with Crippen LogP contribution in [0.5, 0.6) is 5.75 Å². The van der Waals surface area contributed by atoms with Crippen LogP contribution in [0, 0.1) is 0 Å². The van der Waals surface area contributed by atoms with Crippen molar-refractivity contribution in [2.75, 3.05) is 0 Å². The van der Waals surface area contributed by atoms with Crippen LogP contribution in [-0.2, 0) is 4.57 Å². The SMILES string of the molecule is O=P1(O)Oc2ccccc2-c2ccccc21.[KH]. The van der Waals surface area contributed by atoms with Crippen LogP contribution in [0.1, 0.15) is 0 Å². The van der Waals surface area contributed by atoms with Gasteiger partial charge in [-0.15, -0.1) is 0 Å². The first-order valence-corrected chi connectivity index (χ1v) is 6.48. The molecule has 2 aromatic rings. The number of hydrogen-bond acceptors (Lipinski definition) is 2. The monoisotopic (exact) mass is 272 g/mol. The molecule has 82 valence electrons. The molecule has 5 heteroatoms. The molecule has 0 saturated carbocycles. The minimum atomic E-state index is -3.71. The number of para-hydroxylation sites is 1. The molecule has 0 radical (unpaired) electrons. The van der Waals surface area contributed by atoms with E-state index in [1.165, 1.54) is 0 Å². The van der Waals surface area contributed by atoms with Gasteiger partial charge in [0.15, 0.2) is 0 Å². The summed E-state index contributed by atoms with van der Waals surface area (Å²) in [6.45, 7) is 0. The zero-order valence-electron chi connectivity index (χ0n) is 8.33. The maximum absolute atomic E-state index is 12.0. The molecule has 0 spiro atoms. The molecule has 0 aromatic heterocycles. The van der Waals surface area contributed by atoms with Gasteiger partial charge >= 0.3 is 59.0 Å². The van der Waals surface area contributed by atoms with E-state index in [1.54, 1.807) is 24.3 Å². The van der Waals surface area contributed by atoms with Gasteiger partial charge in [-0.3, -0.25) is 0 Å². The van der Waals surface area contributed by atoms with Crippen molar-refractivity contribution in [1.82, 2.24) is 0 Å². The van der Waals surface area contributed by atoms with Crippen LogP contribution in [0.2, 0.25) is 0 Å². The molecule has 0 bridgehead atoms. The zero-order valence-corrected chi connectivity index (χ0v) is 9.22. The van der Waals surface area contributed by atoms with Crippen molar-refractivity contribution < 1.29 is 14.0 Å². The van der Waals surface area contributed by atoms with Gasteiger partial charge in [-0.25, -0.2) is 4.57 Å². The summed E-state index contributed by atoms with van der Waals surface area (Å²) in [5, 5.41) is 0.369. The first-order chi connectivity index (χ1) is 7.68. The van der Waals surface area contributed by atoms with Gasteiger partial charge in [0, 0.05) is 11.1 Å². The molecule has 0 saturated heterocycles. The van der Waals surface area contributed by atoms with Crippen molar-refractivity contribution in [3.8, 4) is 16.9 Å². The average Bonchev–Trinajstić information content (AvgIpc) is 2.29. The first kappa shape index (κ1) is 13.5. The summed E-state index contributed by atoms with van der Waals surface area (Å²) in [6.07, 6.45) is 0. The molecule has 0 aliphatic carbocycles. The molecule has 1 aliphatic rings. The summed E-state index contributed by atoms with van der Waals surface area (Å²) < 4.78 is 17.1. The standard InChI is InChI=1S/C12H9O3P.K.H/c13-16(14)12-8-4-2-6-10(12)9-5-1-3-7-11(9)15-16;;/h1-8H,(H,13,14);;. The van der Waals surface area contributed by atoms with E-state index in [0.29, 0.717) is 11.1 Å². The summed E-state index contributed by atoms with van der Waals surface area (Å²) in [4.78, 5) is 9.81. The molecule has 1 heterocycles. The molecule has 0 fully saturated rings. The van der Waals surface area contributed by atoms with Crippen molar-refractivity contribution in [1.29, 1.82) is 0 Å². The third-order valence-corrected chi connectivity index (χ3v) is 4.05. The molecule has 3 rings (SSSR count). The normalized spacial score (nSPS) is 20.5. The Morgan fingerprint density at radius 3 is 2.29 bits per heavy atom. The Kier molecular flexibility index (Phi) is 3.95.